The highest BCUT2D eigenvalue weighted by Crippen LogP contribution is 2.39. The van der Waals surface area contributed by atoms with Crippen LogP contribution in [-0.2, 0) is 0 Å². The van der Waals surface area contributed by atoms with E-state index in [4.69, 9.17) is 0 Å². The third kappa shape index (κ3) is 3.08. The van der Waals surface area contributed by atoms with E-state index < -0.39 is 0 Å². The number of hydrogen-bond donors (Lipinski definition) is 1. The van der Waals surface area contributed by atoms with Gasteiger partial charge in [0.1, 0.15) is 0 Å². The van der Waals surface area contributed by atoms with Gasteiger partial charge in [-0.3, -0.25) is 4.79 Å². The van der Waals surface area contributed by atoms with Crippen molar-refractivity contribution in [1.82, 2.24) is 0 Å². The molecule has 1 amide bonds. The molecule has 0 radical (unpaired) electrons. The number of anilines is 2. The fourth-order valence-electron chi connectivity index (χ4n) is 3.71. The quantitative estimate of drug-likeness (QED) is 0.702. The van der Waals surface area contributed by atoms with Crippen LogP contribution in [0.2, 0.25) is 0 Å². The second-order valence-electron chi connectivity index (χ2n) is 6.75. The SMILES string of the molecule is C[C@H]1C[C@H](Nc2ccccc2)c2ccccc2N1C(=O)c1ccccc1. The van der Waals surface area contributed by atoms with Gasteiger partial charge in [-0.1, -0.05) is 54.6 Å². The lowest BCUT2D eigenvalue weighted by atomic mass is 9.90. The monoisotopic (exact) mass is 342 g/mol. The number of nitrogens with zero attached hydrogens (tertiary/aromatic N) is 1. The normalized spacial score (nSPS) is 18.9. The van der Waals surface area contributed by atoms with Crippen molar-refractivity contribution in [3.63, 3.8) is 0 Å². The zero-order chi connectivity index (χ0) is 17.9. The molecule has 1 heterocycles. The van der Waals surface area contributed by atoms with E-state index in [9.17, 15) is 4.79 Å². The fraction of sp³-hybridized carbons (Fsp3) is 0.174. The van der Waals surface area contributed by atoms with Crippen molar-refractivity contribution in [3.05, 3.63) is 96.1 Å². The van der Waals surface area contributed by atoms with Crippen molar-refractivity contribution in [2.75, 3.05) is 10.2 Å². The predicted molar refractivity (Wildman–Crippen MR) is 107 cm³/mol. The topological polar surface area (TPSA) is 32.3 Å². The zero-order valence-corrected chi connectivity index (χ0v) is 14.8. The summed E-state index contributed by atoms with van der Waals surface area (Å²) in [6.45, 7) is 2.12. The van der Waals surface area contributed by atoms with Crippen molar-refractivity contribution in [2.24, 2.45) is 0 Å². The lowest BCUT2D eigenvalue weighted by Gasteiger charge is -2.40. The van der Waals surface area contributed by atoms with E-state index in [0.29, 0.717) is 0 Å². The average molecular weight is 342 g/mol. The molecule has 0 saturated heterocycles. The summed E-state index contributed by atoms with van der Waals surface area (Å²) in [6.07, 6.45) is 0.866. The first-order valence-corrected chi connectivity index (χ1v) is 9.03. The van der Waals surface area contributed by atoms with Crippen molar-refractivity contribution in [2.45, 2.75) is 25.4 Å². The second kappa shape index (κ2) is 7.04. The van der Waals surface area contributed by atoms with E-state index in [1.165, 1.54) is 5.56 Å². The summed E-state index contributed by atoms with van der Waals surface area (Å²) in [7, 11) is 0. The summed E-state index contributed by atoms with van der Waals surface area (Å²) >= 11 is 0. The van der Waals surface area contributed by atoms with E-state index in [1.54, 1.807) is 0 Å². The molecule has 1 aliphatic heterocycles. The van der Waals surface area contributed by atoms with Crippen LogP contribution in [0, 0.1) is 0 Å². The standard InChI is InChI=1S/C23H22N2O/c1-17-16-21(24-19-12-6-3-7-13-19)20-14-8-9-15-22(20)25(17)23(26)18-10-4-2-5-11-18/h2-15,17,21,24H,16H2,1H3/t17-,21-/m0/s1. The molecule has 1 N–H and O–H groups in total. The lowest BCUT2D eigenvalue weighted by Crippen LogP contribution is -2.44. The van der Waals surface area contributed by atoms with Gasteiger partial charge in [-0.15, -0.1) is 0 Å². The van der Waals surface area contributed by atoms with Crippen LogP contribution in [0.4, 0.5) is 11.4 Å². The van der Waals surface area contributed by atoms with Gasteiger partial charge >= 0.3 is 0 Å². The number of carbonyl (C=O) groups is 1. The van der Waals surface area contributed by atoms with Crippen molar-refractivity contribution in [1.29, 1.82) is 0 Å². The van der Waals surface area contributed by atoms with E-state index in [2.05, 4.69) is 30.4 Å². The van der Waals surface area contributed by atoms with Crippen molar-refractivity contribution >= 4 is 17.3 Å². The van der Waals surface area contributed by atoms with Gasteiger partial charge in [0.25, 0.3) is 5.91 Å². The van der Waals surface area contributed by atoms with Crippen LogP contribution in [0.1, 0.15) is 35.3 Å². The summed E-state index contributed by atoms with van der Waals surface area (Å²) in [5.41, 5.74) is 3.98. The van der Waals surface area contributed by atoms with Crippen molar-refractivity contribution < 1.29 is 4.79 Å². The van der Waals surface area contributed by atoms with Crippen LogP contribution < -0.4 is 10.2 Å². The number of nitrogens with one attached hydrogen (secondary N) is 1. The molecule has 1 aliphatic rings. The average Bonchev–Trinajstić information content (AvgIpc) is 2.69. The molecule has 0 spiro atoms. The zero-order valence-electron chi connectivity index (χ0n) is 14.8. The van der Waals surface area contributed by atoms with Crippen LogP contribution in [0.25, 0.3) is 0 Å². The minimum absolute atomic E-state index is 0.0590. The van der Waals surface area contributed by atoms with Crippen molar-refractivity contribution in [3.8, 4) is 0 Å². The Hall–Kier alpha value is -3.07. The van der Waals surface area contributed by atoms with E-state index in [0.717, 1.165) is 23.4 Å². The van der Waals surface area contributed by atoms with Crippen LogP contribution in [-0.4, -0.2) is 11.9 Å². The number of para-hydroxylation sites is 2. The Morgan fingerprint density at radius 3 is 2.23 bits per heavy atom. The molecule has 0 unspecified atom stereocenters. The maximum atomic E-state index is 13.1. The number of benzene rings is 3. The molecule has 3 aromatic carbocycles. The maximum absolute atomic E-state index is 13.1. The summed E-state index contributed by atoms with van der Waals surface area (Å²) in [4.78, 5) is 15.1. The molecule has 0 fully saturated rings. The Bertz CT molecular complexity index is 892. The minimum Gasteiger partial charge on any atom is -0.378 e. The van der Waals surface area contributed by atoms with Gasteiger partial charge in [0, 0.05) is 23.0 Å². The highest BCUT2D eigenvalue weighted by molar-refractivity contribution is 6.07. The van der Waals surface area contributed by atoms with Crippen LogP contribution in [0.3, 0.4) is 0 Å². The van der Waals surface area contributed by atoms with Crippen LogP contribution >= 0.6 is 0 Å². The minimum atomic E-state index is 0.0590. The molecule has 3 nitrogen and oxygen atoms in total. The predicted octanol–water partition coefficient (Wildman–Crippen LogP) is 5.28. The Labute approximate surface area is 154 Å². The Balaban J connectivity index is 1.69. The number of fused-ring (bicyclic) bond motifs is 1. The molecular formula is C23H22N2O. The maximum Gasteiger partial charge on any atom is 0.258 e. The molecule has 0 bridgehead atoms. The molecule has 2 atom stereocenters. The molecular weight excluding hydrogens is 320 g/mol. The smallest absolute Gasteiger partial charge is 0.258 e. The molecule has 3 aromatic rings. The second-order valence-corrected chi connectivity index (χ2v) is 6.75. The van der Waals surface area contributed by atoms with E-state index in [-0.39, 0.29) is 18.0 Å². The first-order chi connectivity index (χ1) is 12.7. The van der Waals surface area contributed by atoms with Gasteiger partial charge in [0.2, 0.25) is 0 Å². The molecule has 0 aromatic heterocycles. The Morgan fingerprint density at radius 1 is 0.885 bits per heavy atom. The van der Waals surface area contributed by atoms with Gasteiger partial charge in [-0.2, -0.15) is 0 Å². The number of hydrogen-bond acceptors (Lipinski definition) is 2. The molecule has 0 aliphatic carbocycles. The highest BCUT2D eigenvalue weighted by atomic mass is 16.2. The molecule has 3 heteroatoms. The Kier molecular flexibility index (Phi) is 4.44. The highest BCUT2D eigenvalue weighted by Gasteiger charge is 2.33. The summed E-state index contributed by atoms with van der Waals surface area (Å²) in [5.74, 6) is 0.0590. The lowest BCUT2D eigenvalue weighted by molar-refractivity contribution is 0.0974. The summed E-state index contributed by atoms with van der Waals surface area (Å²) < 4.78 is 0. The summed E-state index contributed by atoms with van der Waals surface area (Å²) in [5, 5.41) is 3.63. The molecule has 130 valence electrons. The first kappa shape index (κ1) is 16.4. The fourth-order valence-corrected chi connectivity index (χ4v) is 3.71. The van der Waals surface area contributed by atoms with Gasteiger partial charge in [0.05, 0.1) is 6.04 Å². The third-order valence-electron chi connectivity index (χ3n) is 4.94. The molecule has 26 heavy (non-hydrogen) atoms. The first-order valence-electron chi connectivity index (χ1n) is 9.03. The van der Waals surface area contributed by atoms with Crippen LogP contribution in [0.15, 0.2) is 84.9 Å². The number of rotatable bonds is 3. The Morgan fingerprint density at radius 2 is 1.50 bits per heavy atom. The number of carbonyl (C=O) groups excluding carboxylic acids is 1. The van der Waals surface area contributed by atoms with Gasteiger partial charge in [-0.05, 0) is 49.2 Å². The van der Waals surface area contributed by atoms with E-state index >= 15 is 0 Å². The van der Waals surface area contributed by atoms with E-state index in [1.807, 2.05) is 71.6 Å². The summed E-state index contributed by atoms with van der Waals surface area (Å²) in [6, 6.07) is 28.3. The van der Waals surface area contributed by atoms with Crippen LogP contribution in [0.5, 0.6) is 0 Å². The van der Waals surface area contributed by atoms with Gasteiger partial charge in [-0.25, -0.2) is 0 Å². The molecule has 0 saturated carbocycles. The van der Waals surface area contributed by atoms with Gasteiger partial charge in [0.15, 0.2) is 0 Å². The third-order valence-corrected chi connectivity index (χ3v) is 4.94. The largest absolute Gasteiger partial charge is 0.378 e. The molecule has 4 rings (SSSR count). The number of amides is 1. The van der Waals surface area contributed by atoms with Gasteiger partial charge < -0.3 is 10.2 Å².